The lowest BCUT2D eigenvalue weighted by atomic mass is 10.2. The van der Waals surface area contributed by atoms with Crippen molar-refractivity contribution >= 4 is 23.2 Å². The molecule has 24 heavy (non-hydrogen) atoms. The number of phenolic OH excluding ortho intramolecular Hbond substituents is 1. The zero-order chi connectivity index (χ0) is 17.3. The number of rotatable bonds is 3. The Bertz CT molecular complexity index is 862. The van der Waals surface area contributed by atoms with Crippen molar-refractivity contribution in [3.63, 3.8) is 0 Å². The van der Waals surface area contributed by atoms with Crippen molar-refractivity contribution in [3.05, 3.63) is 53.1 Å². The summed E-state index contributed by atoms with van der Waals surface area (Å²) in [4.78, 5) is 4.15. The van der Waals surface area contributed by atoms with E-state index < -0.39 is 11.7 Å². The van der Waals surface area contributed by atoms with Crippen molar-refractivity contribution in [2.45, 2.75) is 6.18 Å². The molecule has 0 bridgehead atoms. The fraction of sp³-hybridized carbons (Fsp3) is 0.0667. The van der Waals surface area contributed by atoms with E-state index >= 15 is 0 Å². The van der Waals surface area contributed by atoms with Gasteiger partial charge >= 0.3 is 6.18 Å². The predicted molar refractivity (Wildman–Crippen MR) is 83.2 cm³/mol. The zero-order valence-electron chi connectivity index (χ0n) is 11.9. The molecule has 9 heteroatoms. The minimum Gasteiger partial charge on any atom is -0.508 e. The maximum atomic E-state index is 12.9. The molecular formula is C15H10ClF3N4O. The van der Waals surface area contributed by atoms with Crippen LogP contribution in [0.3, 0.4) is 0 Å². The second-order valence-electron chi connectivity index (χ2n) is 4.87. The summed E-state index contributed by atoms with van der Waals surface area (Å²) >= 11 is 5.58. The minimum absolute atomic E-state index is 0.105. The number of nitrogens with one attached hydrogen (secondary N) is 2. The summed E-state index contributed by atoms with van der Waals surface area (Å²) < 4.78 is 38.6. The smallest absolute Gasteiger partial charge is 0.417 e. The van der Waals surface area contributed by atoms with E-state index in [9.17, 15) is 18.3 Å². The molecule has 124 valence electrons. The number of hydrogen-bond donors (Lipinski definition) is 3. The molecule has 0 amide bonds. The number of aromatic nitrogens is 3. The normalized spacial score (nSPS) is 11.5. The highest BCUT2D eigenvalue weighted by atomic mass is 35.5. The van der Waals surface area contributed by atoms with Crippen molar-refractivity contribution < 1.29 is 18.3 Å². The quantitative estimate of drug-likeness (QED) is 0.643. The molecule has 0 aliphatic rings. The van der Waals surface area contributed by atoms with Crippen molar-refractivity contribution in [3.8, 4) is 17.1 Å². The van der Waals surface area contributed by atoms with Gasteiger partial charge in [0.25, 0.3) is 0 Å². The molecule has 1 aromatic heterocycles. The molecule has 0 spiro atoms. The van der Waals surface area contributed by atoms with Gasteiger partial charge in [0, 0.05) is 11.3 Å². The summed E-state index contributed by atoms with van der Waals surface area (Å²) in [6, 6.07) is 9.67. The lowest BCUT2D eigenvalue weighted by Gasteiger charge is -2.10. The number of anilines is 2. The third-order valence-electron chi connectivity index (χ3n) is 3.15. The van der Waals surface area contributed by atoms with Gasteiger partial charge in [-0.15, -0.1) is 5.10 Å². The first-order valence-corrected chi connectivity index (χ1v) is 7.06. The van der Waals surface area contributed by atoms with Gasteiger partial charge in [0.1, 0.15) is 5.75 Å². The Kier molecular flexibility index (Phi) is 4.06. The van der Waals surface area contributed by atoms with Crippen LogP contribution in [-0.2, 0) is 6.18 Å². The number of nitrogens with zero attached hydrogens (tertiary/aromatic N) is 2. The average molecular weight is 355 g/mol. The largest absolute Gasteiger partial charge is 0.508 e. The number of benzene rings is 2. The van der Waals surface area contributed by atoms with E-state index in [1.807, 2.05) is 0 Å². The first kappa shape index (κ1) is 16.1. The predicted octanol–water partition coefficient (Wildman–Crippen LogP) is 4.59. The van der Waals surface area contributed by atoms with E-state index in [-0.39, 0.29) is 22.4 Å². The number of phenols is 1. The van der Waals surface area contributed by atoms with Gasteiger partial charge < -0.3 is 10.4 Å². The van der Waals surface area contributed by atoms with E-state index in [2.05, 4.69) is 20.5 Å². The standard InChI is InChI=1S/C15H10ClF3N4O/c16-12-6-3-9(7-11(12)15(17,18)19)20-14-21-13(22-23-14)8-1-4-10(24)5-2-8/h1-7,24H,(H2,20,21,22,23). The molecule has 0 unspecified atom stereocenters. The molecule has 0 saturated heterocycles. The Balaban J connectivity index is 1.84. The second-order valence-corrected chi connectivity index (χ2v) is 5.28. The van der Waals surface area contributed by atoms with E-state index in [4.69, 9.17) is 11.6 Å². The van der Waals surface area contributed by atoms with Crippen molar-refractivity contribution in [2.24, 2.45) is 0 Å². The molecule has 0 atom stereocenters. The second kappa shape index (κ2) is 6.04. The Hall–Kier alpha value is -2.74. The molecule has 3 rings (SSSR count). The lowest BCUT2D eigenvalue weighted by Crippen LogP contribution is -2.06. The summed E-state index contributed by atoms with van der Waals surface area (Å²) in [6.07, 6.45) is -4.55. The number of aromatic amines is 1. The Morgan fingerprint density at radius 1 is 1.08 bits per heavy atom. The maximum Gasteiger partial charge on any atom is 0.417 e. The van der Waals surface area contributed by atoms with E-state index in [0.717, 1.165) is 12.1 Å². The van der Waals surface area contributed by atoms with Crippen molar-refractivity contribution in [2.75, 3.05) is 5.32 Å². The maximum absolute atomic E-state index is 12.9. The van der Waals surface area contributed by atoms with E-state index in [1.54, 1.807) is 12.1 Å². The van der Waals surface area contributed by atoms with Gasteiger partial charge in [-0.3, -0.25) is 5.10 Å². The van der Waals surface area contributed by atoms with Crippen LogP contribution >= 0.6 is 11.6 Å². The first-order valence-electron chi connectivity index (χ1n) is 6.68. The number of halogens is 4. The molecular weight excluding hydrogens is 345 g/mol. The van der Waals surface area contributed by atoms with Gasteiger partial charge in [0.2, 0.25) is 5.95 Å². The summed E-state index contributed by atoms with van der Waals surface area (Å²) in [5.74, 6) is 0.619. The van der Waals surface area contributed by atoms with Crippen LogP contribution in [0.1, 0.15) is 5.56 Å². The van der Waals surface area contributed by atoms with Crippen LogP contribution in [0.15, 0.2) is 42.5 Å². The molecule has 0 fully saturated rings. The highest BCUT2D eigenvalue weighted by Gasteiger charge is 2.33. The Labute approximate surface area is 139 Å². The topological polar surface area (TPSA) is 73.8 Å². The lowest BCUT2D eigenvalue weighted by molar-refractivity contribution is -0.137. The SMILES string of the molecule is Oc1ccc(-c2nc(Nc3ccc(Cl)c(C(F)(F)F)c3)n[nH]2)cc1. The summed E-state index contributed by atoms with van der Waals surface area (Å²) in [5, 5.41) is 18.1. The number of H-pyrrole nitrogens is 1. The van der Waals surface area contributed by atoms with Gasteiger partial charge in [0.05, 0.1) is 10.6 Å². The molecule has 0 aliphatic carbocycles. The van der Waals surface area contributed by atoms with Crippen LogP contribution in [0, 0.1) is 0 Å². The molecule has 5 nitrogen and oxygen atoms in total. The van der Waals surface area contributed by atoms with Gasteiger partial charge in [-0.2, -0.15) is 18.2 Å². The van der Waals surface area contributed by atoms with Gasteiger partial charge in [0.15, 0.2) is 5.82 Å². The third kappa shape index (κ3) is 3.43. The van der Waals surface area contributed by atoms with E-state index in [1.165, 1.54) is 18.2 Å². The number of aromatic hydroxyl groups is 1. The molecule has 0 aliphatic heterocycles. The Morgan fingerprint density at radius 2 is 1.79 bits per heavy atom. The molecule has 0 radical (unpaired) electrons. The fourth-order valence-electron chi connectivity index (χ4n) is 2.02. The van der Waals surface area contributed by atoms with Crippen LogP contribution in [0.4, 0.5) is 24.8 Å². The van der Waals surface area contributed by atoms with Gasteiger partial charge in [-0.05, 0) is 42.5 Å². The summed E-state index contributed by atoms with van der Waals surface area (Å²) in [6.45, 7) is 0. The summed E-state index contributed by atoms with van der Waals surface area (Å²) in [5.41, 5.74) is -0.119. The van der Waals surface area contributed by atoms with Crippen LogP contribution in [0.2, 0.25) is 5.02 Å². The number of alkyl halides is 3. The molecule has 2 aromatic carbocycles. The van der Waals surface area contributed by atoms with Gasteiger partial charge in [-0.1, -0.05) is 11.6 Å². The van der Waals surface area contributed by atoms with Crippen LogP contribution in [0.25, 0.3) is 11.4 Å². The van der Waals surface area contributed by atoms with Gasteiger partial charge in [-0.25, -0.2) is 0 Å². The van der Waals surface area contributed by atoms with Crippen molar-refractivity contribution in [1.82, 2.24) is 15.2 Å². The third-order valence-corrected chi connectivity index (χ3v) is 3.48. The molecule has 1 heterocycles. The first-order chi connectivity index (χ1) is 11.3. The number of hydrogen-bond acceptors (Lipinski definition) is 4. The minimum atomic E-state index is -4.55. The van der Waals surface area contributed by atoms with Crippen LogP contribution < -0.4 is 5.32 Å². The fourth-order valence-corrected chi connectivity index (χ4v) is 2.24. The van der Waals surface area contributed by atoms with Crippen LogP contribution in [-0.4, -0.2) is 20.3 Å². The molecule has 3 N–H and O–H groups in total. The average Bonchev–Trinajstić information content (AvgIpc) is 2.97. The highest BCUT2D eigenvalue weighted by molar-refractivity contribution is 6.31. The molecule has 0 saturated carbocycles. The summed E-state index contributed by atoms with van der Waals surface area (Å²) in [7, 11) is 0. The monoisotopic (exact) mass is 354 g/mol. The highest BCUT2D eigenvalue weighted by Crippen LogP contribution is 2.36. The zero-order valence-corrected chi connectivity index (χ0v) is 12.7. The van der Waals surface area contributed by atoms with Crippen LogP contribution in [0.5, 0.6) is 5.75 Å². The van der Waals surface area contributed by atoms with Crippen molar-refractivity contribution in [1.29, 1.82) is 0 Å². The molecule has 3 aromatic rings. The van der Waals surface area contributed by atoms with E-state index in [0.29, 0.717) is 11.4 Å². The Morgan fingerprint density at radius 3 is 2.46 bits per heavy atom.